The molecule has 116 valence electrons. The highest BCUT2D eigenvalue weighted by Gasteiger charge is 2.71. The summed E-state index contributed by atoms with van der Waals surface area (Å²) in [6.07, 6.45) is 11.5. The van der Waals surface area contributed by atoms with E-state index in [0.29, 0.717) is 17.8 Å². The van der Waals surface area contributed by atoms with E-state index >= 15 is 0 Å². The SMILES string of the molecule is CC1(C2(C(=O)O)CC3CCC2C3)C2CC3CC(C2)CC1C3. The Labute approximate surface area is 127 Å². The van der Waals surface area contributed by atoms with E-state index in [1.54, 1.807) is 0 Å². The van der Waals surface area contributed by atoms with Gasteiger partial charge >= 0.3 is 5.97 Å². The zero-order valence-electron chi connectivity index (χ0n) is 13.2. The molecule has 6 saturated carbocycles. The zero-order chi connectivity index (χ0) is 14.4. The van der Waals surface area contributed by atoms with E-state index in [2.05, 4.69) is 6.92 Å². The van der Waals surface area contributed by atoms with Crippen molar-refractivity contribution in [1.29, 1.82) is 0 Å². The molecule has 1 N–H and O–H groups in total. The normalized spacial score (nSPS) is 60.6. The van der Waals surface area contributed by atoms with E-state index in [-0.39, 0.29) is 10.8 Å². The highest BCUT2D eigenvalue weighted by molar-refractivity contribution is 5.77. The van der Waals surface area contributed by atoms with Crippen molar-refractivity contribution in [2.45, 2.75) is 64.7 Å². The molecule has 6 rings (SSSR count). The molecule has 0 heterocycles. The molecule has 2 nitrogen and oxygen atoms in total. The van der Waals surface area contributed by atoms with Crippen LogP contribution in [0.15, 0.2) is 0 Å². The van der Waals surface area contributed by atoms with Crippen molar-refractivity contribution in [3.8, 4) is 0 Å². The molecule has 3 unspecified atom stereocenters. The first-order chi connectivity index (χ1) is 10.0. The summed E-state index contributed by atoms with van der Waals surface area (Å²) in [4.78, 5) is 12.5. The Kier molecular flexibility index (Phi) is 2.38. The molecule has 0 spiro atoms. The third-order valence-corrected chi connectivity index (χ3v) is 9.03. The van der Waals surface area contributed by atoms with Crippen LogP contribution in [0, 0.1) is 46.3 Å². The van der Waals surface area contributed by atoms with Crippen LogP contribution in [0.3, 0.4) is 0 Å². The van der Waals surface area contributed by atoms with Gasteiger partial charge in [0.2, 0.25) is 0 Å². The number of carboxylic acid groups (broad SMARTS) is 1. The van der Waals surface area contributed by atoms with E-state index in [9.17, 15) is 9.90 Å². The Bertz CT molecular complexity index is 468. The van der Waals surface area contributed by atoms with Crippen LogP contribution < -0.4 is 0 Å². The Morgan fingerprint density at radius 2 is 1.43 bits per heavy atom. The standard InChI is InChI=1S/C19H28O2/c1-18(15-6-12-4-13(8-15)9-16(18)7-12)19(17(20)21)10-11-2-3-14(19)5-11/h11-16H,2-10H2,1H3,(H,20,21). The fourth-order valence-corrected chi connectivity index (χ4v) is 8.37. The van der Waals surface area contributed by atoms with Gasteiger partial charge in [-0.05, 0) is 92.3 Å². The maximum atomic E-state index is 12.5. The van der Waals surface area contributed by atoms with Gasteiger partial charge in [0.1, 0.15) is 0 Å². The number of rotatable bonds is 2. The predicted octanol–water partition coefficient (Wildman–Crippen LogP) is 4.34. The van der Waals surface area contributed by atoms with Crippen LogP contribution >= 0.6 is 0 Å². The van der Waals surface area contributed by atoms with Gasteiger partial charge in [0.05, 0.1) is 5.41 Å². The van der Waals surface area contributed by atoms with E-state index in [1.165, 1.54) is 51.4 Å². The van der Waals surface area contributed by atoms with Crippen molar-refractivity contribution in [1.82, 2.24) is 0 Å². The van der Waals surface area contributed by atoms with Gasteiger partial charge in [-0.25, -0.2) is 0 Å². The number of hydrogen-bond acceptors (Lipinski definition) is 1. The summed E-state index contributed by atoms with van der Waals surface area (Å²) in [5.41, 5.74) is -0.259. The Hall–Kier alpha value is -0.530. The second-order valence-electron chi connectivity index (χ2n) is 9.44. The largest absolute Gasteiger partial charge is 0.481 e. The predicted molar refractivity (Wildman–Crippen MR) is 80.7 cm³/mol. The highest BCUT2D eigenvalue weighted by atomic mass is 16.4. The third kappa shape index (κ3) is 1.34. The summed E-state index contributed by atoms with van der Waals surface area (Å²) in [6, 6.07) is 0. The van der Waals surface area contributed by atoms with Gasteiger partial charge in [0.25, 0.3) is 0 Å². The Morgan fingerprint density at radius 1 is 0.857 bits per heavy atom. The first-order valence-electron chi connectivity index (χ1n) is 9.27. The summed E-state index contributed by atoms with van der Waals surface area (Å²) in [6.45, 7) is 2.43. The Balaban J connectivity index is 1.62. The quantitative estimate of drug-likeness (QED) is 0.820. The smallest absolute Gasteiger partial charge is 0.310 e. The summed E-state index contributed by atoms with van der Waals surface area (Å²) < 4.78 is 0. The summed E-state index contributed by atoms with van der Waals surface area (Å²) in [5, 5.41) is 10.3. The van der Waals surface area contributed by atoms with Crippen LogP contribution in [0.4, 0.5) is 0 Å². The highest BCUT2D eigenvalue weighted by Crippen LogP contribution is 2.74. The van der Waals surface area contributed by atoms with Crippen molar-refractivity contribution in [2.24, 2.45) is 46.3 Å². The number of carbonyl (C=O) groups is 1. The lowest BCUT2D eigenvalue weighted by Crippen LogP contribution is -2.63. The first kappa shape index (κ1) is 13.0. The van der Waals surface area contributed by atoms with Crippen LogP contribution in [0.5, 0.6) is 0 Å². The monoisotopic (exact) mass is 288 g/mol. The van der Waals surface area contributed by atoms with Gasteiger partial charge < -0.3 is 5.11 Å². The van der Waals surface area contributed by atoms with Crippen LogP contribution in [-0.4, -0.2) is 11.1 Å². The molecule has 2 heteroatoms. The van der Waals surface area contributed by atoms with Gasteiger partial charge in [0, 0.05) is 0 Å². The molecular formula is C19H28O2. The van der Waals surface area contributed by atoms with E-state index in [1.807, 2.05) is 0 Å². The first-order valence-corrected chi connectivity index (χ1v) is 9.27. The molecule has 6 fully saturated rings. The molecular weight excluding hydrogens is 260 g/mol. The molecule has 6 aliphatic rings. The molecule has 0 radical (unpaired) electrons. The molecule has 0 aromatic rings. The lowest BCUT2D eigenvalue weighted by Gasteiger charge is -2.66. The van der Waals surface area contributed by atoms with Crippen molar-refractivity contribution in [2.75, 3.05) is 0 Å². The number of aliphatic carboxylic acids is 1. The second-order valence-corrected chi connectivity index (χ2v) is 9.44. The lowest BCUT2D eigenvalue weighted by molar-refractivity contribution is -0.206. The van der Waals surface area contributed by atoms with Gasteiger partial charge in [-0.2, -0.15) is 0 Å². The average molecular weight is 288 g/mol. The summed E-state index contributed by atoms with van der Waals surface area (Å²) in [5.74, 6) is 4.08. The van der Waals surface area contributed by atoms with E-state index < -0.39 is 5.97 Å². The molecule has 6 bridgehead atoms. The van der Waals surface area contributed by atoms with Crippen molar-refractivity contribution < 1.29 is 9.90 Å². The Morgan fingerprint density at radius 3 is 1.86 bits per heavy atom. The number of fused-ring (bicyclic) bond motifs is 2. The lowest BCUT2D eigenvalue weighted by atomic mass is 9.37. The van der Waals surface area contributed by atoms with Gasteiger partial charge in [-0.1, -0.05) is 13.3 Å². The molecule has 0 aromatic heterocycles. The van der Waals surface area contributed by atoms with Crippen molar-refractivity contribution in [3.05, 3.63) is 0 Å². The third-order valence-electron chi connectivity index (χ3n) is 9.03. The minimum atomic E-state index is -0.426. The minimum Gasteiger partial charge on any atom is -0.481 e. The van der Waals surface area contributed by atoms with Crippen LogP contribution in [0.25, 0.3) is 0 Å². The summed E-state index contributed by atoms with van der Waals surface area (Å²) in [7, 11) is 0. The van der Waals surface area contributed by atoms with E-state index in [0.717, 1.165) is 24.2 Å². The number of carboxylic acids is 1. The molecule has 0 aliphatic heterocycles. The maximum absolute atomic E-state index is 12.5. The van der Waals surface area contributed by atoms with Crippen molar-refractivity contribution >= 4 is 5.97 Å². The molecule has 0 saturated heterocycles. The summed E-state index contributed by atoms with van der Waals surface area (Å²) >= 11 is 0. The van der Waals surface area contributed by atoms with Gasteiger partial charge in [0.15, 0.2) is 0 Å². The van der Waals surface area contributed by atoms with E-state index in [4.69, 9.17) is 0 Å². The molecule has 3 atom stereocenters. The molecule has 21 heavy (non-hydrogen) atoms. The van der Waals surface area contributed by atoms with Crippen molar-refractivity contribution in [3.63, 3.8) is 0 Å². The fourth-order valence-electron chi connectivity index (χ4n) is 8.37. The molecule has 0 aromatic carbocycles. The topological polar surface area (TPSA) is 37.3 Å². The van der Waals surface area contributed by atoms with Crippen LogP contribution in [0.1, 0.15) is 64.7 Å². The fraction of sp³-hybridized carbons (Fsp3) is 0.947. The van der Waals surface area contributed by atoms with Crippen LogP contribution in [-0.2, 0) is 4.79 Å². The zero-order valence-corrected chi connectivity index (χ0v) is 13.2. The minimum absolute atomic E-state index is 0.103. The molecule has 6 aliphatic carbocycles. The van der Waals surface area contributed by atoms with Gasteiger partial charge in [-0.3, -0.25) is 4.79 Å². The second kappa shape index (κ2) is 3.86. The van der Waals surface area contributed by atoms with Gasteiger partial charge in [-0.15, -0.1) is 0 Å². The molecule has 0 amide bonds. The van der Waals surface area contributed by atoms with Crippen LogP contribution in [0.2, 0.25) is 0 Å². The number of hydrogen-bond donors (Lipinski definition) is 1. The maximum Gasteiger partial charge on any atom is 0.310 e. The average Bonchev–Trinajstić information content (AvgIpc) is 3.04.